The first-order chi connectivity index (χ1) is 17.9. The first-order valence-electron chi connectivity index (χ1n) is 12.4. The molecular weight excluding hydrogens is 517 g/mol. The molecule has 0 bridgehead atoms. The first kappa shape index (κ1) is 35.4. The van der Waals surface area contributed by atoms with Crippen LogP contribution in [0.2, 0.25) is 0 Å². The van der Waals surface area contributed by atoms with E-state index in [0.29, 0.717) is 31.9 Å². The number of nitrogens with one attached hydrogen (secondary N) is 1. The number of amides is 1. The first-order valence-corrected chi connectivity index (χ1v) is 13.4. The molecule has 0 saturated carbocycles. The van der Waals surface area contributed by atoms with Gasteiger partial charge in [0.2, 0.25) is 0 Å². The van der Waals surface area contributed by atoms with Gasteiger partial charge in [0, 0.05) is 23.7 Å². The van der Waals surface area contributed by atoms with Crippen molar-refractivity contribution >= 4 is 23.6 Å². The lowest BCUT2D eigenvalue weighted by Gasteiger charge is -2.10. The van der Waals surface area contributed by atoms with E-state index in [1.807, 2.05) is 24.3 Å². The number of halogens is 3. The van der Waals surface area contributed by atoms with Gasteiger partial charge in [0.25, 0.3) is 5.91 Å². The van der Waals surface area contributed by atoms with Gasteiger partial charge in [-0.05, 0) is 65.5 Å². The quantitative estimate of drug-likeness (QED) is 0.128. The lowest BCUT2D eigenvalue weighted by atomic mass is 10.1. The van der Waals surface area contributed by atoms with Crippen molar-refractivity contribution in [1.29, 1.82) is 0 Å². The monoisotopic (exact) mass is 558 g/mol. The highest BCUT2D eigenvalue weighted by Gasteiger charge is 2.38. The van der Waals surface area contributed by atoms with Crippen LogP contribution in [0.3, 0.4) is 0 Å². The Balaban J connectivity index is 0.00000171. The number of benzene rings is 1. The summed E-state index contributed by atoms with van der Waals surface area (Å²) in [5.41, 5.74) is 10.3. The average molecular weight is 559 g/mol. The fourth-order valence-corrected chi connectivity index (χ4v) is 3.95. The van der Waals surface area contributed by atoms with Crippen LogP contribution in [0.15, 0.2) is 64.1 Å². The van der Waals surface area contributed by atoms with Gasteiger partial charge in [-0.1, -0.05) is 47.1 Å². The molecule has 0 atom stereocenters. The Morgan fingerprint density at radius 3 is 2.16 bits per heavy atom. The predicted molar refractivity (Wildman–Crippen MR) is 148 cm³/mol. The molecular formula is C28H41F3N2O4S. The number of carbonyl (C=O) groups is 2. The highest BCUT2D eigenvalue weighted by Crippen LogP contribution is 2.23. The zero-order valence-corrected chi connectivity index (χ0v) is 23.5. The van der Waals surface area contributed by atoms with Crippen LogP contribution < -0.4 is 11.1 Å². The highest BCUT2D eigenvalue weighted by atomic mass is 32.2. The lowest BCUT2D eigenvalue weighted by Crippen LogP contribution is -2.28. The summed E-state index contributed by atoms with van der Waals surface area (Å²) < 4.78 is 37.0. The SMILES string of the molecule is CC(C)=CCCC(C)=CCCC(C)=CCSc1ccccc1C(=O)NCCOCCN.O=C(O)C(F)(F)F. The van der Waals surface area contributed by atoms with Crippen molar-refractivity contribution in [3.8, 4) is 0 Å². The topological polar surface area (TPSA) is 102 Å². The number of carboxylic acids is 1. The number of carbonyl (C=O) groups excluding carboxylic acids is 1. The van der Waals surface area contributed by atoms with Crippen LogP contribution in [0, 0.1) is 0 Å². The van der Waals surface area contributed by atoms with Crippen molar-refractivity contribution in [2.45, 2.75) is 64.5 Å². The molecule has 10 heteroatoms. The van der Waals surface area contributed by atoms with E-state index in [1.165, 1.54) is 16.7 Å². The van der Waals surface area contributed by atoms with Crippen molar-refractivity contribution in [3.63, 3.8) is 0 Å². The number of allylic oxidation sites excluding steroid dienone is 5. The zero-order chi connectivity index (χ0) is 29.0. The summed E-state index contributed by atoms with van der Waals surface area (Å²) in [4.78, 5) is 22.4. The second kappa shape index (κ2) is 20.4. The van der Waals surface area contributed by atoms with Gasteiger partial charge in [-0.2, -0.15) is 13.2 Å². The maximum Gasteiger partial charge on any atom is 0.490 e. The second-order valence-corrected chi connectivity index (χ2v) is 9.79. The largest absolute Gasteiger partial charge is 0.490 e. The maximum atomic E-state index is 12.5. The molecule has 1 aromatic rings. The van der Waals surface area contributed by atoms with Gasteiger partial charge in [0.15, 0.2) is 0 Å². The standard InChI is InChI=1S/C26H40N2O2S.C2HF3O2/c1-21(2)9-7-10-22(3)11-8-12-23(4)15-20-31-25-14-6-5-13-24(25)26(29)28-17-19-30-18-16-27;3-2(4,5)1(6)7/h5-6,9,11,13-15H,7-8,10,12,16-20,27H2,1-4H3,(H,28,29);(H,6,7). The van der Waals surface area contributed by atoms with Crippen LogP contribution in [0.4, 0.5) is 13.2 Å². The number of carboxylic acid groups (broad SMARTS) is 1. The molecule has 0 aliphatic rings. The van der Waals surface area contributed by atoms with Gasteiger partial charge in [-0.25, -0.2) is 4.79 Å². The minimum absolute atomic E-state index is 0.0612. The van der Waals surface area contributed by atoms with Crippen LogP contribution in [0.1, 0.15) is 63.7 Å². The summed E-state index contributed by atoms with van der Waals surface area (Å²) in [6, 6.07) is 7.75. The smallest absolute Gasteiger partial charge is 0.475 e. The number of aliphatic carboxylic acids is 1. The third-order valence-corrected chi connectivity index (χ3v) is 5.96. The number of alkyl halides is 3. The van der Waals surface area contributed by atoms with Gasteiger partial charge >= 0.3 is 12.1 Å². The number of hydrogen-bond acceptors (Lipinski definition) is 5. The third kappa shape index (κ3) is 18.6. The van der Waals surface area contributed by atoms with Crippen LogP contribution in [0.5, 0.6) is 0 Å². The van der Waals surface area contributed by atoms with Crippen LogP contribution >= 0.6 is 11.8 Å². The average Bonchev–Trinajstić information content (AvgIpc) is 2.83. The number of thioether (sulfide) groups is 1. The molecule has 0 radical (unpaired) electrons. The van der Waals surface area contributed by atoms with Crippen molar-refractivity contribution in [2.24, 2.45) is 5.73 Å². The second-order valence-electron chi connectivity index (χ2n) is 8.73. The molecule has 214 valence electrons. The van der Waals surface area contributed by atoms with Crippen molar-refractivity contribution in [2.75, 3.05) is 32.1 Å². The summed E-state index contributed by atoms with van der Waals surface area (Å²) in [6.45, 7) is 10.7. The lowest BCUT2D eigenvalue weighted by molar-refractivity contribution is -0.192. The fraction of sp³-hybridized carbons (Fsp3) is 0.500. The Bertz CT molecular complexity index is 940. The van der Waals surface area contributed by atoms with Gasteiger partial charge in [-0.3, -0.25) is 4.79 Å². The molecule has 1 amide bonds. The molecule has 0 saturated heterocycles. The number of ether oxygens (including phenoxy) is 1. The maximum absolute atomic E-state index is 12.5. The summed E-state index contributed by atoms with van der Waals surface area (Å²) in [7, 11) is 0. The molecule has 4 N–H and O–H groups in total. The van der Waals surface area contributed by atoms with E-state index in [2.05, 4.69) is 51.2 Å². The van der Waals surface area contributed by atoms with E-state index in [4.69, 9.17) is 20.4 Å². The van der Waals surface area contributed by atoms with E-state index in [1.54, 1.807) is 11.8 Å². The van der Waals surface area contributed by atoms with E-state index < -0.39 is 12.1 Å². The Kier molecular flexibility index (Phi) is 19.0. The summed E-state index contributed by atoms with van der Waals surface area (Å²) in [6.07, 6.45) is 6.27. The Morgan fingerprint density at radius 2 is 1.58 bits per heavy atom. The Labute approximate surface area is 228 Å². The van der Waals surface area contributed by atoms with Gasteiger partial charge < -0.3 is 20.9 Å². The summed E-state index contributed by atoms with van der Waals surface area (Å²) in [5, 5.41) is 10.0. The van der Waals surface area contributed by atoms with Crippen molar-refractivity contribution < 1.29 is 32.6 Å². The molecule has 6 nitrogen and oxygen atoms in total. The van der Waals surface area contributed by atoms with Crippen molar-refractivity contribution in [1.82, 2.24) is 5.32 Å². The molecule has 0 aliphatic heterocycles. The van der Waals surface area contributed by atoms with Gasteiger partial charge in [0.1, 0.15) is 0 Å². The predicted octanol–water partition coefficient (Wildman–Crippen LogP) is 6.54. The van der Waals surface area contributed by atoms with Gasteiger partial charge in [0.05, 0.1) is 18.8 Å². The van der Waals surface area contributed by atoms with Crippen LogP contribution in [0.25, 0.3) is 0 Å². The summed E-state index contributed by atoms with van der Waals surface area (Å²) in [5.74, 6) is -1.96. The van der Waals surface area contributed by atoms with E-state index in [0.717, 1.165) is 36.3 Å². The number of nitrogens with two attached hydrogens (primary N) is 1. The molecule has 0 fully saturated rings. The number of rotatable bonds is 15. The fourth-order valence-electron chi connectivity index (χ4n) is 2.91. The molecule has 0 unspecified atom stereocenters. The molecule has 0 aromatic heterocycles. The normalized spacial score (nSPS) is 11.9. The van der Waals surface area contributed by atoms with E-state index in [9.17, 15) is 18.0 Å². The Morgan fingerprint density at radius 1 is 1.00 bits per heavy atom. The number of hydrogen-bond donors (Lipinski definition) is 3. The van der Waals surface area contributed by atoms with Crippen molar-refractivity contribution in [3.05, 3.63) is 64.8 Å². The zero-order valence-electron chi connectivity index (χ0n) is 22.7. The van der Waals surface area contributed by atoms with Gasteiger partial charge in [-0.15, -0.1) is 11.8 Å². The van der Waals surface area contributed by atoms with Crippen LogP contribution in [-0.4, -0.2) is 55.2 Å². The van der Waals surface area contributed by atoms with Crippen LogP contribution in [-0.2, 0) is 9.53 Å². The van der Waals surface area contributed by atoms with E-state index in [-0.39, 0.29) is 5.91 Å². The summed E-state index contributed by atoms with van der Waals surface area (Å²) >= 11 is 1.70. The molecule has 0 spiro atoms. The minimum atomic E-state index is -5.08. The molecule has 1 aromatic carbocycles. The molecule has 1 rings (SSSR count). The molecule has 0 aliphatic carbocycles. The highest BCUT2D eigenvalue weighted by molar-refractivity contribution is 7.99. The minimum Gasteiger partial charge on any atom is -0.475 e. The Hall–Kier alpha value is -2.56. The molecule has 0 heterocycles. The third-order valence-electron chi connectivity index (χ3n) is 4.96. The van der Waals surface area contributed by atoms with E-state index >= 15 is 0 Å². The molecule has 38 heavy (non-hydrogen) atoms.